The fraction of sp³-hybridized carbons (Fsp3) is 0.130. The van der Waals surface area contributed by atoms with Gasteiger partial charge in [-0.15, -0.1) is 0 Å². The molecule has 148 valence electrons. The van der Waals surface area contributed by atoms with Gasteiger partial charge in [-0.05, 0) is 66.1 Å². The number of ether oxygens (including phenoxy) is 2. The number of rotatable bonds is 8. The molecule has 0 spiro atoms. The van der Waals surface area contributed by atoms with E-state index in [2.05, 4.69) is 10.3 Å². The number of benzene rings is 2. The molecule has 1 N–H and O–H groups in total. The van der Waals surface area contributed by atoms with Gasteiger partial charge in [0.05, 0.1) is 12.8 Å². The highest BCUT2D eigenvalue weighted by molar-refractivity contribution is 6.01. The van der Waals surface area contributed by atoms with Gasteiger partial charge < -0.3 is 14.8 Å². The number of halogens is 1. The summed E-state index contributed by atoms with van der Waals surface area (Å²) in [6.07, 6.45) is 6.26. The Balaban J connectivity index is 1.53. The van der Waals surface area contributed by atoms with Crippen LogP contribution in [0.25, 0.3) is 6.08 Å². The maximum Gasteiger partial charge on any atom is 0.248 e. The molecule has 0 aliphatic rings. The largest absolute Gasteiger partial charge is 0.457 e. The van der Waals surface area contributed by atoms with E-state index in [4.69, 9.17) is 9.47 Å². The second kappa shape index (κ2) is 10.1. The Labute approximate surface area is 168 Å². The van der Waals surface area contributed by atoms with Crippen LogP contribution in [0.3, 0.4) is 0 Å². The Hall–Kier alpha value is -3.51. The lowest BCUT2D eigenvalue weighted by Crippen LogP contribution is -2.07. The molecule has 1 amide bonds. The average Bonchev–Trinajstić information content (AvgIpc) is 2.73. The van der Waals surface area contributed by atoms with Gasteiger partial charge in [-0.2, -0.15) is 0 Å². The van der Waals surface area contributed by atoms with Gasteiger partial charge in [-0.25, -0.2) is 4.39 Å². The minimum absolute atomic E-state index is 0.324. The van der Waals surface area contributed by atoms with E-state index in [1.165, 1.54) is 30.0 Å². The van der Waals surface area contributed by atoms with Gasteiger partial charge in [0, 0.05) is 25.1 Å². The van der Waals surface area contributed by atoms with E-state index in [9.17, 15) is 9.18 Å². The highest BCUT2D eigenvalue weighted by atomic mass is 19.1. The van der Waals surface area contributed by atoms with Crippen molar-refractivity contribution in [2.75, 3.05) is 19.0 Å². The highest BCUT2D eigenvalue weighted by Gasteiger charge is 2.02. The molecule has 0 radical (unpaired) electrons. The normalized spacial score (nSPS) is 10.8. The summed E-state index contributed by atoms with van der Waals surface area (Å²) < 4.78 is 24.0. The zero-order chi connectivity index (χ0) is 20.5. The topological polar surface area (TPSA) is 60.5 Å². The first-order valence-electron chi connectivity index (χ1n) is 9.08. The summed E-state index contributed by atoms with van der Waals surface area (Å²) in [7, 11) is 1.68. The van der Waals surface area contributed by atoms with Gasteiger partial charge in [-0.3, -0.25) is 9.78 Å². The van der Waals surface area contributed by atoms with Gasteiger partial charge in [0.1, 0.15) is 17.3 Å². The van der Waals surface area contributed by atoms with Crippen LogP contribution in [0.4, 0.5) is 10.1 Å². The first kappa shape index (κ1) is 20.2. The summed E-state index contributed by atoms with van der Waals surface area (Å²) >= 11 is 0. The lowest BCUT2D eigenvalue weighted by molar-refractivity contribution is -0.111. The van der Waals surface area contributed by atoms with Crippen molar-refractivity contribution in [1.82, 2.24) is 4.98 Å². The molecule has 0 aliphatic heterocycles. The molecule has 0 fully saturated rings. The molecule has 0 aliphatic carbocycles. The average molecular weight is 392 g/mol. The van der Waals surface area contributed by atoms with Crippen molar-refractivity contribution in [1.29, 1.82) is 0 Å². The maximum absolute atomic E-state index is 13.1. The standard InChI is InChI=1S/C23H21FN2O3/c1-28-13-12-17-2-7-21(8-3-17)29-22-9-5-20(6-10-22)26-23(27)11-4-18-14-19(24)16-25-15-18/h2-11,14-16H,12-13H2,1H3,(H,26,27)/b11-4+. The minimum Gasteiger partial charge on any atom is -0.457 e. The zero-order valence-electron chi connectivity index (χ0n) is 16.0. The molecular weight excluding hydrogens is 371 g/mol. The number of aromatic nitrogens is 1. The van der Waals surface area contributed by atoms with Crippen molar-refractivity contribution < 1.29 is 18.7 Å². The second-order valence-corrected chi connectivity index (χ2v) is 6.27. The fourth-order valence-electron chi connectivity index (χ4n) is 2.56. The Bertz CT molecular complexity index is 970. The second-order valence-electron chi connectivity index (χ2n) is 6.27. The van der Waals surface area contributed by atoms with E-state index in [1.54, 1.807) is 31.4 Å². The number of carbonyl (C=O) groups is 1. The molecule has 3 rings (SSSR count). The molecule has 0 saturated heterocycles. The predicted molar refractivity (Wildman–Crippen MR) is 110 cm³/mol. The molecule has 5 nitrogen and oxygen atoms in total. The van der Waals surface area contributed by atoms with Crippen LogP contribution in [-0.4, -0.2) is 24.6 Å². The summed E-state index contributed by atoms with van der Waals surface area (Å²) in [6.45, 7) is 0.682. The van der Waals surface area contributed by atoms with Crippen LogP contribution < -0.4 is 10.1 Å². The molecule has 1 heterocycles. The lowest BCUT2D eigenvalue weighted by atomic mass is 10.1. The summed E-state index contributed by atoms with van der Waals surface area (Å²) in [4.78, 5) is 15.7. The van der Waals surface area contributed by atoms with Crippen LogP contribution in [0.2, 0.25) is 0 Å². The van der Waals surface area contributed by atoms with Gasteiger partial charge in [-0.1, -0.05) is 12.1 Å². The molecule has 2 aromatic carbocycles. The number of hydrogen-bond donors (Lipinski definition) is 1. The first-order valence-corrected chi connectivity index (χ1v) is 9.08. The van der Waals surface area contributed by atoms with E-state index in [0.29, 0.717) is 23.6 Å². The molecular formula is C23H21FN2O3. The first-order chi connectivity index (χ1) is 14.1. The van der Waals surface area contributed by atoms with Crippen molar-refractivity contribution in [2.24, 2.45) is 0 Å². The number of hydrogen-bond acceptors (Lipinski definition) is 4. The van der Waals surface area contributed by atoms with Crippen molar-refractivity contribution in [2.45, 2.75) is 6.42 Å². The fourth-order valence-corrected chi connectivity index (χ4v) is 2.56. The Morgan fingerprint density at radius 1 is 1.07 bits per heavy atom. The Morgan fingerprint density at radius 3 is 2.41 bits per heavy atom. The predicted octanol–water partition coefficient (Wildman–Crippen LogP) is 4.85. The van der Waals surface area contributed by atoms with Crippen LogP contribution >= 0.6 is 0 Å². The number of amides is 1. The quantitative estimate of drug-likeness (QED) is 0.557. The number of methoxy groups -OCH3 is 1. The van der Waals surface area contributed by atoms with Gasteiger partial charge >= 0.3 is 0 Å². The third kappa shape index (κ3) is 6.55. The summed E-state index contributed by atoms with van der Waals surface area (Å²) in [6, 6.07) is 16.2. The number of pyridine rings is 1. The summed E-state index contributed by atoms with van der Waals surface area (Å²) in [5.74, 6) is 0.617. The van der Waals surface area contributed by atoms with Crippen LogP contribution in [0.1, 0.15) is 11.1 Å². The van der Waals surface area contributed by atoms with E-state index < -0.39 is 5.82 Å². The van der Waals surface area contributed by atoms with Crippen molar-refractivity contribution in [3.05, 3.63) is 90.0 Å². The van der Waals surface area contributed by atoms with Gasteiger partial charge in [0.15, 0.2) is 0 Å². The van der Waals surface area contributed by atoms with Crippen molar-refractivity contribution >= 4 is 17.7 Å². The SMILES string of the molecule is COCCc1ccc(Oc2ccc(NC(=O)/C=C/c3cncc(F)c3)cc2)cc1. The summed E-state index contributed by atoms with van der Waals surface area (Å²) in [5.41, 5.74) is 2.32. The number of carbonyl (C=O) groups excluding carboxylic acids is 1. The third-order valence-corrected chi connectivity index (χ3v) is 4.03. The Morgan fingerprint density at radius 2 is 1.76 bits per heavy atom. The van der Waals surface area contributed by atoms with Gasteiger partial charge in [0.25, 0.3) is 0 Å². The molecule has 1 aromatic heterocycles. The highest BCUT2D eigenvalue weighted by Crippen LogP contribution is 2.23. The number of nitrogens with zero attached hydrogens (tertiary/aromatic N) is 1. The number of nitrogens with one attached hydrogen (secondary N) is 1. The van der Waals surface area contributed by atoms with E-state index in [-0.39, 0.29) is 5.91 Å². The molecule has 6 heteroatoms. The molecule has 0 bridgehead atoms. The van der Waals surface area contributed by atoms with Gasteiger partial charge in [0.2, 0.25) is 5.91 Å². The van der Waals surface area contributed by atoms with Crippen LogP contribution in [0.15, 0.2) is 73.1 Å². The molecule has 0 unspecified atom stereocenters. The van der Waals surface area contributed by atoms with Crippen LogP contribution in [0.5, 0.6) is 11.5 Å². The monoisotopic (exact) mass is 392 g/mol. The zero-order valence-corrected chi connectivity index (χ0v) is 16.0. The summed E-state index contributed by atoms with van der Waals surface area (Å²) in [5, 5.41) is 2.74. The van der Waals surface area contributed by atoms with Crippen molar-refractivity contribution in [3.63, 3.8) is 0 Å². The van der Waals surface area contributed by atoms with Crippen molar-refractivity contribution in [3.8, 4) is 11.5 Å². The maximum atomic E-state index is 13.1. The van der Waals surface area contributed by atoms with E-state index in [0.717, 1.165) is 18.4 Å². The molecule has 0 atom stereocenters. The van der Waals surface area contributed by atoms with Crippen LogP contribution in [-0.2, 0) is 16.0 Å². The van der Waals surface area contributed by atoms with E-state index in [1.807, 2.05) is 24.3 Å². The lowest BCUT2D eigenvalue weighted by Gasteiger charge is -2.08. The molecule has 0 saturated carbocycles. The van der Waals surface area contributed by atoms with Crippen LogP contribution in [0, 0.1) is 5.82 Å². The smallest absolute Gasteiger partial charge is 0.248 e. The van der Waals surface area contributed by atoms with E-state index >= 15 is 0 Å². The molecule has 3 aromatic rings. The number of anilines is 1. The molecule has 29 heavy (non-hydrogen) atoms. The Kier molecular flexibility index (Phi) is 7.08. The third-order valence-electron chi connectivity index (χ3n) is 4.03. The minimum atomic E-state index is -0.451.